The minimum Gasteiger partial charge on any atom is -0.381 e. The van der Waals surface area contributed by atoms with Crippen LogP contribution < -0.4 is 0 Å². The Morgan fingerprint density at radius 2 is 2.16 bits per heavy atom. The highest BCUT2D eigenvalue weighted by Gasteiger charge is 2.54. The largest absolute Gasteiger partial charge is 0.381 e. The number of carbonyl (C=O) groups excluding carboxylic acids is 2. The Hall–Kier alpha value is -1.22. The van der Waals surface area contributed by atoms with Gasteiger partial charge in [-0.3, -0.25) is 4.79 Å². The number of carbonyl (C=O) groups is 2. The number of hydrogen-bond donors (Lipinski definition) is 0. The average Bonchev–Trinajstić information content (AvgIpc) is 2.41. The highest BCUT2D eigenvalue weighted by atomic mass is 16.5. The zero-order valence-corrected chi connectivity index (χ0v) is 11.9. The summed E-state index contributed by atoms with van der Waals surface area (Å²) in [5, 5.41) is 0. The van der Waals surface area contributed by atoms with Gasteiger partial charge in [-0.05, 0) is 30.3 Å². The molecule has 0 radical (unpaired) electrons. The molecule has 1 fully saturated rings. The minimum absolute atomic E-state index is 0.0168. The lowest BCUT2D eigenvalue weighted by molar-refractivity contribution is -0.129. The van der Waals surface area contributed by atoms with Crippen LogP contribution in [0.15, 0.2) is 23.8 Å². The third kappa shape index (κ3) is 1.91. The maximum Gasteiger partial charge on any atom is 0.146 e. The molecule has 0 aromatic carbocycles. The number of methoxy groups -OCH3 is 1. The highest BCUT2D eigenvalue weighted by Crippen LogP contribution is 2.56. The number of rotatable bonds is 3. The molecule has 0 bridgehead atoms. The first kappa shape index (κ1) is 14.2. The number of ether oxygens (including phenoxy) is 1. The van der Waals surface area contributed by atoms with Gasteiger partial charge in [0.1, 0.15) is 12.6 Å². The average molecular weight is 262 g/mol. The van der Waals surface area contributed by atoms with E-state index < -0.39 is 5.92 Å². The van der Waals surface area contributed by atoms with Crippen LogP contribution in [-0.2, 0) is 14.3 Å². The van der Waals surface area contributed by atoms with Crippen LogP contribution in [0.25, 0.3) is 0 Å². The van der Waals surface area contributed by atoms with Crippen molar-refractivity contribution in [3.05, 3.63) is 23.8 Å². The van der Waals surface area contributed by atoms with Crippen LogP contribution >= 0.6 is 0 Å². The van der Waals surface area contributed by atoms with E-state index in [1.807, 2.05) is 6.08 Å². The lowest BCUT2D eigenvalue weighted by atomic mass is 9.52. The quantitative estimate of drug-likeness (QED) is 0.580. The number of allylic oxidation sites excluding steroid dienone is 3. The Balaban J connectivity index is 2.52. The minimum atomic E-state index is -0.391. The van der Waals surface area contributed by atoms with Crippen LogP contribution in [0.4, 0.5) is 0 Å². The van der Waals surface area contributed by atoms with E-state index in [0.717, 1.165) is 25.4 Å². The zero-order valence-electron chi connectivity index (χ0n) is 11.9. The lowest BCUT2D eigenvalue weighted by Gasteiger charge is -2.54. The van der Waals surface area contributed by atoms with Gasteiger partial charge in [-0.25, -0.2) is 0 Å². The van der Waals surface area contributed by atoms with Crippen molar-refractivity contribution in [3.63, 3.8) is 0 Å². The van der Waals surface area contributed by atoms with Gasteiger partial charge in [0, 0.05) is 12.5 Å². The first-order chi connectivity index (χ1) is 9.00. The van der Waals surface area contributed by atoms with Gasteiger partial charge >= 0.3 is 0 Å². The van der Waals surface area contributed by atoms with E-state index in [9.17, 15) is 9.59 Å². The second-order valence-corrected chi connectivity index (χ2v) is 6.03. The van der Waals surface area contributed by atoms with E-state index >= 15 is 0 Å². The van der Waals surface area contributed by atoms with Gasteiger partial charge in [-0.1, -0.05) is 32.1 Å². The molecule has 0 unspecified atom stereocenters. The number of fused-ring (bicyclic) bond motifs is 1. The molecule has 0 spiro atoms. The predicted molar refractivity (Wildman–Crippen MR) is 73.6 cm³/mol. The maximum absolute atomic E-state index is 11.6. The summed E-state index contributed by atoms with van der Waals surface area (Å²) < 4.78 is 5.66. The van der Waals surface area contributed by atoms with Crippen molar-refractivity contribution in [1.29, 1.82) is 0 Å². The summed E-state index contributed by atoms with van der Waals surface area (Å²) in [6, 6.07) is 0. The summed E-state index contributed by atoms with van der Waals surface area (Å²) in [5.41, 5.74) is 1.42. The molecule has 0 saturated heterocycles. The van der Waals surface area contributed by atoms with Gasteiger partial charge in [0.25, 0.3) is 0 Å². The highest BCUT2D eigenvalue weighted by molar-refractivity contribution is 5.82. The molecule has 104 valence electrons. The van der Waals surface area contributed by atoms with Crippen molar-refractivity contribution in [2.45, 2.75) is 32.8 Å². The van der Waals surface area contributed by atoms with Gasteiger partial charge in [0.15, 0.2) is 0 Å². The fourth-order valence-electron chi connectivity index (χ4n) is 3.95. The third-order valence-corrected chi connectivity index (χ3v) is 5.27. The van der Waals surface area contributed by atoms with E-state index in [2.05, 4.69) is 20.4 Å². The van der Waals surface area contributed by atoms with Gasteiger partial charge in [0.05, 0.1) is 12.0 Å². The zero-order chi connectivity index (χ0) is 14.2. The summed E-state index contributed by atoms with van der Waals surface area (Å²) in [5.74, 6) is 0.208. The Morgan fingerprint density at radius 3 is 2.68 bits per heavy atom. The molecule has 0 aliphatic heterocycles. The molecule has 1 saturated carbocycles. The van der Waals surface area contributed by atoms with E-state index in [0.29, 0.717) is 11.5 Å². The first-order valence-electron chi connectivity index (χ1n) is 6.82. The topological polar surface area (TPSA) is 43.4 Å². The molecule has 3 heteroatoms. The van der Waals surface area contributed by atoms with Crippen LogP contribution in [-0.4, -0.2) is 25.8 Å². The van der Waals surface area contributed by atoms with E-state index in [-0.39, 0.29) is 17.4 Å². The smallest absolute Gasteiger partial charge is 0.146 e. The molecule has 19 heavy (non-hydrogen) atoms. The fraction of sp³-hybridized carbons (Fsp3) is 0.625. The van der Waals surface area contributed by atoms with Gasteiger partial charge in [-0.15, -0.1) is 0 Å². The molecule has 0 amide bonds. The number of hydrogen-bond acceptors (Lipinski definition) is 3. The Bertz CT molecular complexity index is 437. The molecule has 0 N–H and O–H groups in total. The van der Waals surface area contributed by atoms with Crippen molar-refractivity contribution in [2.75, 3.05) is 7.11 Å². The lowest BCUT2D eigenvalue weighted by Crippen LogP contribution is -2.54. The molecular weight excluding hydrogens is 240 g/mol. The summed E-state index contributed by atoms with van der Waals surface area (Å²) in [6.07, 6.45) is 5.23. The van der Waals surface area contributed by atoms with Gasteiger partial charge in [0.2, 0.25) is 0 Å². The molecule has 0 heterocycles. The number of aldehydes is 2. The van der Waals surface area contributed by atoms with Crippen LogP contribution in [0.5, 0.6) is 0 Å². The normalized spacial score (nSPS) is 42.3. The molecule has 2 aliphatic rings. The van der Waals surface area contributed by atoms with Crippen LogP contribution in [0.3, 0.4) is 0 Å². The van der Waals surface area contributed by atoms with E-state index in [1.165, 1.54) is 5.57 Å². The second-order valence-electron chi connectivity index (χ2n) is 6.03. The van der Waals surface area contributed by atoms with Crippen LogP contribution in [0, 0.1) is 23.2 Å². The Labute approximate surface area is 114 Å². The van der Waals surface area contributed by atoms with Crippen molar-refractivity contribution in [1.82, 2.24) is 0 Å². The molecule has 0 aromatic heterocycles. The molecule has 5 atom stereocenters. The summed E-state index contributed by atoms with van der Waals surface area (Å²) in [6.45, 7) is 8.45. The first-order valence-corrected chi connectivity index (χ1v) is 6.82. The fourth-order valence-corrected chi connectivity index (χ4v) is 3.95. The second kappa shape index (κ2) is 5.04. The van der Waals surface area contributed by atoms with Gasteiger partial charge < -0.3 is 9.53 Å². The van der Waals surface area contributed by atoms with E-state index in [4.69, 9.17) is 4.74 Å². The van der Waals surface area contributed by atoms with Gasteiger partial charge in [-0.2, -0.15) is 0 Å². The van der Waals surface area contributed by atoms with E-state index in [1.54, 1.807) is 7.11 Å². The standard InChI is InChI=1S/C16H22O3/c1-10-7-15(19-4)16(3)13(11(10)2)6-5-12(8-17)14(16)9-18/h5,8-10,13-15H,2,6-7H2,1,3-4H3/t10-,13-,14-,15+,16-/m0/s1. The van der Waals surface area contributed by atoms with Crippen molar-refractivity contribution in [2.24, 2.45) is 23.2 Å². The molecule has 2 rings (SSSR count). The molecule has 0 aromatic rings. The summed E-state index contributed by atoms with van der Waals surface area (Å²) in [4.78, 5) is 22.8. The van der Waals surface area contributed by atoms with Crippen molar-refractivity contribution < 1.29 is 14.3 Å². The Kier molecular flexibility index (Phi) is 3.77. The predicted octanol–water partition coefficient (Wildman–Crippen LogP) is 2.56. The van der Waals surface area contributed by atoms with Crippen LogP contribution in [0.1, 0.15) is 26.7 Å². The Morgan fingerprint density at radius 1 is 1.47 bits per heavy atom. The molecular formula is C16H22O3. The summed E-state index contributed by atoms with van der Waals surface area (Å²) in [7, 11) is 1.69. The third-order valence-electron chi connectivity index (χ3n) is 5.27. The van der Waals surface area contributed by atoms with Crippen LogP contribution in [0.2, 0.25) is 0 Å². The molecule has 2 aliphatic carbocycles. The monoisotopic (exact) mass is 262 g/mol. The maximum atomic E-state index is 11.6. The molecule has 3 nitrogen and oxygen atoms in total. The van der Waals surface area contributed by atoms with Crippen molar-refractivity contribution in [3.8, 4) is 0 Å². The summed E-state index contributed by atoms with van der Waals surface area (Å²) >= 11 is 0. The van der Waals surface area contributed by atoms with Crippen molar-refractivity contribution >= 4 is 12.6 Å². The SMILES string of the molecule is C=C1[C@@H](C)C[C@@H](OC)[C@]2(C)[C@@H](C=O)C(C=O)=CC[C@@H]12.